The molecule has 0 aliphatic carbocycles. The number of benzene rings is 1. The van der Waals surface area contributed by atoms with Crippen molar-refractivity contribution in [1.29, 1.82) is 0 Å². The van der Waals surface area contributed by atoms with E-state index >= 15 is 0 Å². The van der Waals surface area contributed by atoms with Crippen LogP contribution in [0.15, 0.2) is 29.2 Å². The fourth-order valence-corrected chi connectivity index (χ4v) is 3.90. The molecule has 0 radical (unpaired) electrons. The molecular formula is C14H17NO5S. The maximum Gasteiger partial charge on any atom is 0.243 e. The van der Waals surface area contributed by atoms with Crippen LogP contribution in [0.3, 0.4) is 0 Å². The van der Waals surface area contributed by atoms with E-state index in [0.717, 1.165) is 5.56 Å². The zero-order valence-corrected chi connectivity index (χ0v) is 12.3. The number of ether oxygens (including phenoxy) is 3. The smallest absolute Gasteiger partial charge is 0.243 e. The summed E-state index contributed by atoms with van der Waals surface area (Å²) in [6, 6.07) is 7.01. The number of sulfonamides is 1. The number of epoxide rings is 3. The molecule has 1 aromatic rings. The van der Waals surface area contributed by atoms with Gasteiger partial charge >= 0.3 is 0 Å². The molecule has 3 unspecified atom stereocenters. The molecule has 0 amide bonds. The molecule has 3 saturated heterocycles. The average Bonchev–Trinajstić information content (AvgIpc) is 3.33. The first kappa shape index (κ1) is 13.7. The average molecular weight is 311 g/mol. The minimum atomic E-state index is -3.52. The zero-order chi connectivity index (χ0) is 14.4. The minimum absolute atomic E-state index is 0.0217. The summed E-state index contributed by atoms with van der Waals surface area (Å²) in [7, 11) is -3.52. The van der Waals surface area contributed by atoms with Gasteiger partial charge in [-0.25, -0.2) is 8.42 Å². The topological polar surface area (TPSA) is 75.0 Å². The predicted molar refractivity (Wildman–Crippen MR) is 73.4 cm³/mol. The Labute approximate surface area is 123 Å². The predicted octanol–water partition coefficient (Wildman–Crippen LogP) is 0.546. The molecule has 0 bridgehead atoms. The molecule has 0 saturated carbocycles. The highest BCUT2D eigenvalue weighted by Gasteiger charge is 2.37. The highest BCUT2D eigenvalue weighted by Crippen LogP contribution is 2.32. The van der Waals surface area contributed by atoms with E-state index in [-0.39, 0.29) is 18.3 Å². The number of rotatable bonds is 7. The van der Waals surface area contributed by atoms with E-state index in [1.54, 1.807) is 18.2 Å². The summed E-state index contributed by atoms with van der Waals surface area (Å²) in [5.74, 6) is 0. The summed E-state index contributed by atoms with van der Waals surface area (Å²) >= 11 is 0. The minimum Gasteiger partial charge on any atom is -0.372 e. The molecule has 3 heterocycles. The quantitative estimate of drug-likeness (QED) is 0.687. The van der Waals surface area contributed by atoms with Crippen molar-refractivity contribution in [2.45, 2.75) is 23.2 Å². The van der Waals surface area contributed by atoms with E-state index in [4.69, 9.17) is 14.2 Å². The van der Waals surface area contributed by atoms with Gasteiger partial charge in [-0.15, -0.1) is 0 Å². The molecule has 4 rings (SSSR count). The van der Waals surface area contributed by atoms with Crippen molar-refractivity contribution in [3.8, 4) is 0 Å². The van der Waals surface area contributed by atoms with Crippen LogP contribution in [0.5, 0.6) is 0 Å². The van der Waals surface area contributed by atoms with Crippen LogP contribution in [0, 0.1) is 0 Å². The highest BCUT2D eigenvalue weighted by atomic mass is 32.2. The normalized spacial score (nSPS) is 30.4. The second-order valence-electron chi connectivity index (χ2n) is 5.63. The van der Waals surface area contributed by atoms with Crippen molar-refractivity contribution in [3.63, 3.8) is 0 Å². The Balaban J connectivity index is 1.60. The van der Waals surface area contributed by atoms with Gasteiger partial charge in [0, 0.05) is 13.1 Å². The van der Waals surface area contributed by atoms with Gasteiger partial charge in [-0.1, -0.05) is 12.1 Å². The maximum absolute atomic E-state index is 12.8. The first-order valence-electron chi connectivity index (χ1n) is 7.08. The Bertz CT molecular complexity index is 621. The Morgan fingerprint density at radius 2 is 1.67 bits per heavy atom. The van der Waals surface area contributed by atoms with Gasteiger partial charge in [0.05, 0.1) is 36.9 Å². The van der Waals surface area contributed by atoms with E-state index in [1.807, 2.05) is 6.07 Å². The molecule has 21 heavy (non-hydrogen) atoms. The van der Waals surface area contributed by atoms with Gasteiger partial charge in [0.1, 0.15) is 6.10 Å². The monoisotopic (exact) mass is 311 g/mol. The summed E-state index contributed by atoms with van der Waals surface area (Å²) < 4.78 is 42.7. The Kier molecular flexibility index (Phi) is 3.27. The van der Waals surface area contributed by atoms with Crippen molar-refractivity contribution in [2.75, 3.05) is 32.9 Å². The fourth-order valence-electron chi connectivity index (χ4n) is 2.34. The number of hydrogen-bond donors (Lipinski definition) is 0. The van der Waals surface area contributed by atoms with Crippen LogP contribution in [0.4, 0.5) is 0 Å². The first-order valence-corrected chi connectivity index (χ1v) is 8.52. The van der Waals surface area contributed by atoms with E-state index in [9.17, 15) is 8.42 Å². The van der Waals surface area contributed by atoms with Gasteiger partial charge in [-0.3, -0.25) is 0 Å². The third kappa shape index (κ3) is 3.12. The van der Waals surface area contributed by atoms with E-state index < -0.39 is 10.0 Å². The molecule has 1 aromatic carbocycles. The molecule has 3 fully saturated rings. The Hall–Kier alpha value is -0.990. The van der Waals surface area contributed by atoms with Crippen molar-refractivity contribution in [3.05, 3.63) is 29.8 Å². The van der Waals surface area contributed by atoms with Crippen molar-refractivity contribution >= 4 is 10.0 Å². The van der Waals surface area contributed by atoms with Gasteiger partial charge in [-0.2, -0.15) is 4.31 Å². The number of nitrogens with zero attached hydrogens (tertiary/aromatic N) is 1. The highest BCUT2D eigenvalue weighted by molar-refractivity contribution is 7.89. The lowest BCUT2D eigenvalue weighted by molar-refractivity contribution is 0.304. The van der Waals surface area contributed by atoms with Crippen LogP contribution in [0.25, 0.3) is 0 Å². The molecule has 3 aliphatic heterocycles. The van der Waals surface area contributed by atoms with E-state index in [1.165, 1.54) is 4.31 Å². The molecule has 0 spiro atoms. The standard InChI is InChI=1S/C14H17NO5S/c16-21(17,13-3-1-2-10(4-13)14-9-20-14)15(5-11-7-18-11)6-12-8-19-12/h1-4,11-12,14H,5-9H2. The summed E-state index contributed by atoms with van der Waals surface area (Å²) in [4.78, 5) is 0.316. The summed E-state index contributed by atoms with van der Waals surface area (Å²) in [5.41, 5.74) is 0.918. The lowest BCUT2D eigenvalue weighted by Gasteiger charge is -2.20. The third-order valence-electron chi connectivity index (χ3n) is 3.82. The largest absolute Gasteiger partial charge is 0.372 e. The Morgan fingerprint density at radius 1 is 1.05 bits per heavy atom. The molecule has 6 nitrogen and oxygen atoms in total. The van der Waals surface area contributed by atoms with Crippen LogP contribution in [-0.2, 0) is 24.2 Å². The van der Waals surface area contributed by atoms with Crippen LogP contribution >= 0.6 is 0 Å². The molecule has 7 heteroatoms. The molecule has 3 aliphatic rings. The van der Waals surface area contributed by atoms with Gasteiger partial charge < -0.3 is 14.2 Å². The summed E-state index contributed by atoms with van der Waals surface area (Å²) in [5, 5.41) is 0. The molecule has 0 aromatic heterocycles. The second kappa shape index (κ2) is 5.03. The lowest BCUT2D eigenvalue weighted by Crippen LogP contribution is -2.37. The molecule has 0 N–H and O–H groups in total. The second-order valence-corrected chi connectivity index (χ2v) is 7.57. The van der Waals surface area contributed by atoms with Crippen LogP contribution in [0.1, 0.15) is 11.7 Å². The van der Waals surface area contributed by atoms with Gasteiger partial charge in [0.15, 0.2) is 0 Å². The zero-order valence-electron chi connectivity index (χ0n) is 11.5. The summed E-state index contributed by atoms with van der Waals surface area (Å²) in [6.45, 7) is 2.72. The summed E-state index contributed by atoms with van der Waals surface area (Å²) in [6.07, 6.45) is 0.0917. The lowest BCUT2D eigenvalue weighted by atomic mass is 10.2. The van der Waals surface area contributed by atoms with Crippen molar-refractivity contribution in [2.24, 2.45) is 0 Å². The fraction of sp³-hybridized carbons (Fsp3) is 0.571. The maximum atomic E-state index is 12.8. The molecule has 114 valence electrons. The van der Waals surface area contributed by atoms with Crippen molar-refractivity contribution < 1.29 is 22.6 Å². The van der Waals surface area contributed by atoms with Gasteiger partial charge in [0.2, 0.25) is 10.0 Å². The van der Waals surface area contributed by atoms with Gasteiger partial charge in [-0.05, 0) is 17.7 Å². The van der Waals surface area contributed by atoms with E-state index in [2.05, 4.69) is 0 Å². The molecule has 3 atom stereocenters. The molecular weight excluding hydrogens is 294 g/mol. The third-order valence-corrected chi connectivity index (χ3v) is 5.65. The van der Waals surface area contributed by atoms with Crippen LogP contribution < -0.4 is 0 Å². The van der Waals surface area contributed by atoms with E-state index in [0.29, 0.717) is 37.8 Å². The van der Waals surface area contributed by atoms with Crippen LogP contribution in [-0.4, -0.2) is 57.8 Å². The van der Waals surface area contributed by atoms with Gasteiger partial charge in [0.25, 0.3) is 0 Å². The Morgan fingerprint density at radius 3 is 2.19 bits per heavy atom. The van der Waals surface area contributed by atoms with Crippen molar-refractivity contribution in [1.82, 2.24) is 4.31 Å². The number of hydrogen-bond acceptors (Lipinski definition) is 5. The first-order chi connectivity index (χ1) is 10.1. The van der Waals surface area contributed by atoms with Crippen LogP contribution in [0.2, 0.25) is 0 Å². The SMILES string of the molecule is O=S(=O)(c1cccc(C2CO2)c1)N(CC1CO1)CC1CO1.